The Labute approximate surface area is 135 Å². The lowest BCUT2D eigenvalue weighted by Crippen LogP contribution is -2.33. The van der Waals surface area contributed by atoms with Crippen molar-refractivity contribution < 1.29 is 0 Å². The molecule has 2 rings (SSSR count). The van der Waals surface area contributed by atoms with Gasteiger partial charge < -0.3 is 5.32 Å². The Morgan fingerprint density at radius 1 is 1.33 bits per heavy atom. The van der Waals surface area contributed by atoms with Crippen molar-refractivity contribution in [2.45, 2.75) is 78.7 Å². The molecule has 2 heteroatoms. The Hall–Kier alpha value is -0.340. The van der Waals surface area contributed by atoms with Gasteiger partial charge in [-0.15, -0.1) is 11.3 Å². The molecule has 2 unspecified atom stereocenters. The number of hydrogen-bond acceptors (Lipinski definition) is 2. The van der Waals surface area contributed by atoms with Gasteiger partial charge in [0.2, 0.25) is 0 Å². The first kappa shape index (κ1) is 17.0. The third-order valence-electron chi connectivity index (χ3n) is 5.03. The van der Waals surface area contributed by atoms with Gasteiger partial charge in [-0.2, -0.15) is 0 Å². The Morgan fingerprint density at radius 3 is 2.52 bits per heavy atom. The monoisotopic (exact) mass is 307 g/mol. The van der Waals surface area contributed by atoms with E-state index in [1.54, 1.807) is 4.88 Å². The quantitative estimate of drug-likeness (QED) is 0.712. The largest absolute Gasteiger partial charge is 0.309 e. The van der Waals surface area contributed by atoms with Gasteiger partial charge in [-0.25, -0.2) is 0 Å². The molecule has 1 saturated carbocycles. The van der Waals surface area contributed by atoms with Gasteiger partial charge in [0.05, 0.1) is 0 Å². The second-order valence-electron chi connectivity index (χ2n) is 8.37. The van der Waals surface area contributed by atoms with Gasteiger partial charge in [-0.1, -0.05) is 48.0 Å². The molecule has 1 aliphatic carbocycles. The van der Waals surface area contributed by atoms with Crippen LogP contribution in [0.2, 0.25) is 0 Å². The van der Waals surface area contributed by atoms with E-state index in [9.17, 15) is 0 Å². The van der Waals surface area contributed by atoms with Crippen LogP contribution in [0.4, 0.5) is 0 Å². The fourth-order valence-corrected chi connectivity index (χ4v) is 4.84. The Bertz CT molecular complexity index is 452. The molecule has 0 saturated heterocycles. The molecule has 0 aliphatic heterocycles. The summed E-state index contributed by atoms with van der Waals surface area (Å²) in [6, 6.07) is 5.28. The first-order chi connectivity index (χ1) is 9.75. The van der Waals surface area contributed by atoms with Crippen molar-refractivity contribution >= 4 is 11.3 Å². The summed E-state index contributed by atoms with van der Waals surface area (Å²) in [4.78, 5) is 3.06. The number of hydrogen-bond donors (Lipinski definition) is 1. The smallest absolute Gasteiger partial charge is 0.0448 e. The molecule has 2 atom stereocenters. The van der Waals surface area contributed by atoms with E-state index in [1.165, 1.54) is 30.6 Å². The van der Waals surface area contributed by atoms with Crippen molar-refractivity contribution in [2.24, 2.45) is 11.3 Å². The van der Waals surface area contributed by atoms with Gasteiger partial charge in [-0.3, -0.25) is 0 Å². The third kappa shape index (κ3) is 3.90. The molecule has 1 heterocycles. The van der Waals surface area contributed by atoms with E-state index in [1.807, 2.05) is 11.3 Å². The zero-order chi connectivity index (χ0) is 15.7. The molecule has 1 N–H and O–H groups in total. The summed E-state index contributed by atoms with van der Waals surface area (Å²) in [6.07, 6.45) is 5.34. The normalized spacial score (nSPS) is 23.4. The molecular formula is C19H33NS. The average Bonchev–Trinajstić information content (AvgIpc) is 2.97. The van der Waals surface area contributed by atoms with Gasteiger partial charge in [0.25, 0.3) is 0 Å². The highest BCUT2D eigenvalue weighted by Gasteiger charge is 2.40. The van der Waals surface area contributed by atoms with Crippen LogP contribution >= 0.6 is 11.3 Å². The maximum atomic E-state index is 3.86. The molecule has 1 nitrogen and oxygen atoms in total. The van der Waals surface area contributed by atoms with Crippen LogP contribution in [0, 0.1) is 11.3 Å². The van der Waals surface area contributed by atoms with Gasteiger partial charge >= 0.3 is 0 Å². The molecule has 1 aromatic rings. The molecule has 1 aliphatic rings. The predicted octanol–water partition coefficient (Wildman–Crippen LogP) is 5.91. The summed E-state index contributed by atoms with van der Waals surface area (Å²) in [5, 5.41) is 3.86. The second kappa shape index (κ2) is 6.42. The van der Waals surface area contributed by atoms with Crippen molar-refractivity contribution in [2.75, 3.05) is 6.54 Å². The third-order valence-corrected chi connectivity index (χ3v) is 6.62. The van der Waals surface area contributed by atoms with Gasteiger partial charge in [0, 0.05) is 15.8 Å². The molecule has 0 spiro atoms. The lowest BCUT2D eigenvalue weighted by Gasteiger charge is -2.34. The van der Waals surface area contributed by atoms with E-state index in [4.69, 9.17) is 0 Å². The van der Waals surface area contributed by atoms with Crippen LogP contribution in [-0.2, 0) is 5.41 Å². The molecule has 0 aromatic carbocycles. The number of thiophene rings is 1. The molecule has 0 bridgehead atoms. The standard InChI is InChI=1S/C19H33NS/c1-7-13-20-17(14-9-8-12-19(14,5)6)15-10-11-16(21-15)18(2,3)4/h10-11,14,17,20H,7-9,12-13H2,1-6H3. The lowest BCUT2D eigenvalue weighted by molar-refractivity contribution is 0.200. The van der Waals surface area contributed by atoms with Crippen molar-refractivity contribution in [1.82, 2.24) is 5.32 Å². The van der Waals surface area contributed by atoms with E-state index >= 15 is 0 Å². The summed E-state index contributed by atoms with van der Waals surface area (Å²) >= 11 is 2.02. The van der Waals surface area contributed by atoms with E-state index in [0.717, 1.165) is 12.5 Å². The Balaban J connectivity index is 2.25. The molecule has 1 fully saturated rings. The van der Waals surface area contributed by atoms with Gasteiger partial charge in [0.15, 0.2) is 0 Å². The van der Waals surface area contributed by atoms with Crippen LogP contribution < -0.4 is 5.32 Å². The highest BCUT2D eigenvalue weighted by atomic mass is 32.1. The first-order valence-electron chi connectivity index (χ1n) is 8.59. The van der Waals surface area contributed by atoms with Crippen LogP contribution in [0.3, 0.4) is 0 Å². The Morgan fingerprint density at radius 2 is 2.05 bits per heavy atom. The van der Waals surface area contributed by atoms with E-state index in [0.29, 0.717) is 11.5 Å². The maximum absolute atomic E-state index is 3.86. The van der Waals surface area contributed by atoms with Crippen LogP contribution in [-0.4, -0.2) is 6.54 Å². The van der Waals surface area contributed by atoms with Crippen molar-refractivity contribution in [1.29, 1.82) is 0 Å². The summed E-state index contributed by atoms with van der Waals surface area (Å²) < 4.78 is 0. The van der Waals surface area contributed by atoms with Gasteiger partial charge in [-0.05, 0) is 54.7 Å². The topological polar surface area (TPSA) is 12.0 Å². The lowest BCUT2D eigenvalue weighted by atomic mass is 9.77. The van der Waals surface area contributed by atoms with E-state index in [2.05, 4.69) is 59.0 Å². The molecule has 0 amide bonds. The van der Waals surface area contributed by atoms with Crippen molar-refractivity contribution in [3.63, 3.8) is 0 Å². The summed E-state index contributed by atoms with van der Waals surface area (Å²) in [7, 11) is 0. The summed E-state index contributed by atoms with van der Waals surface area (Å²) in [5.74, 6) is 0.774. The fraction of sp³-hybridized carbons (Fsp3) is 0.789. The average molecular weight is 308 g/mol. The minimum absolute atomic E-state index is 0.267. The van der Waals surface area contributed by atoms with E-state index < -0.39 is 0 Å². The molecule has 120 valence electrons. The first-order valence-corrected chi connectivity index (χ1v) is 9.41. The van der Waals surface area contributed by atoms with Gasteiger partial charge in [0.1, 0.15) is 0 Å². The maximum Gasteiger partial charge on any atom is 0.0448 e. The predicted molar refractivity (Wildman–Crippen MR) is 95.2 cm³/mol. The summed E-state index contributed by atoms with van der Waals surface area (Å²) in [5.41, 5.74) is 0.737. The highest BCUT2D eigenvalue weighted by molar-refractivity contribution is 7.12. The number of nitrogens with one attached hydrogen (secondary N) is 1. The zero-order valence-corrected chi connectivity index (χ0v) is 15.6. The van der Waals surface area contributed by atoms with E-state index in [-0.39, 0.29) is 5.41 Å². The van der Waals surface area contributed by atoms with Crippen molar-refractivity contribution in [3.8, 4) is 0 Å². The fourth-order valence-electron chi connectivity index (χ4n) is 3.64. The zero-order valence-electron chi connectivity index (χ0n) is 14.8. The van der Waals surface area contributed by atoms with Crippen molar-refractivity contribution in [3.05, 3.63) is 21.9 Å². The minimum atomic E-state index is 0.267. The van der Waals surface area contributed by atoms with Crippen LogP contribution in [0.25, 0.3) is 0 Å². The molecular weight excluding hydrogens is 274 g/mol. The van der Waals surface area contributed by atoms with Crippen LogP contribution in [0.15, 0.2) is 12.1 Å². The van der Waals surface area contributed by atoms with Crippen LogP contribution in [0.5, 0.6) is 0 Å². The molecule has 0 radical (unpaired) electrons. The van der Waals surface area contributed by atoms with Crippen LogP contribution in [0.1, 0.15) is 83.0 Å². The Kier molecular flexibility index (Phi) is 5.20. The minimum Gasteiger partial charge on any atom is -0.309 e. The highest BCUT2D eigenvalue weighted by Crippen LogP contribution is 2.50. The molecule has 1 aromatic heterocycles. The SMILES string of the molecule is CCCNC(c1ccc(C(C)(C)C)s1)C1CCCC1(C)C. The molecule has 21 heavy (non-hydrogen) atoms. The second-order valence-corrected chi connectivity index (χ2v) is 9.49. The summed E-state index contributed by atoms with van der Waals surface area (Å²) in [6.45, 7) is 15.3. The number of rotatable bonds is 5.